The van der Waals surface area contributed by atoms with Gasteiger partial charge in [-0.3, -0.25) is 0 Å². The van der Waals surface area contributed by atoms with Crippen molar-refractivity contribution in [2.45, 2.75) is 26.0 Å². The Hall–Kier alpha value is -3.18. The molecule has 11 heteroatoms. The van der Waals surface area contributed by atoms with Gasteiger partial charge in [-0.2, -0.15) is 4.31 Å². The van der Waals surface area contributed by atoms with Gasteiger partial charge < -0.3 is 19.5 Å². The molecule has 1 N–H and O–H groups in total. The van der Waals surface area contributed by atoms with Crippen LogP contribution in [0, 0.1) is 5.92 Å². The lowest BCUT2D eigenvalue weighted by Gasteiger charge is -2.41. The summed E-state index contributed by atoms with van der Waals surface area (Å²) in [6.07, 6.45) is 3.52. The number of anilines is 1. The number of fused-ring (bicyclic) bond motifs is 1. The summed E-state index contributed by atoms with van der Waals surface area (Å²) < 4.78 is 33.2. The first-order valence-corrected chi connectivity index (χ1v) is 13.3. The van der Waals surface area contributed by atoms with Crippen molar-refractivity contribution in [2.24, 2.45) is 5.92 Å². The average Bonchev–Trinajstić information content (AvgIpc) is 3.35. The number of rotatable bonds is 8. The molecule has 1 aliphatic heterocycles. The minimum Gasteiger partial charge on any atom is -0.445 e. The van der Waals surface area contributed by atoms with E-state index in [1.165, 1.54) is 15.5 Å². The number of benzene rings is 1. The monoisotopic (exact) mass is 500 g/mol. The Balaban J connectivity index is 1.36. The number of aromatic nitrogens is 3. The number of aromatic amines is 1. The minimum atomic E-state index is -3.56. The van der Waals surface area contributed by atoms with Gasteiger partial charge in [-0.15, -0.1) is 0 Å². The molecule has 1 fully saturated rings. The van der Waals surface area contributed by atoms with E-state index < -0.39 is 16.1 Å². The second kappa shape index (κ2) is 10.6. The van der Waals surface area contributed by atoms with Gasteiger partial charge in [-0.25, -0.2) is 23.2 Å². The smallest absolute Gasteiger partial charge is 0.409 e. The third kappa shape index (κ3) is 5.73. The van der Waals surface area contributed by atoms with Crippen molar-refractivity contribution in [3.8, 4) is 0 Å². The quantitative estimate of drug-likeness (QED) is 0.506. The molecule has 1 saturated heterocycles. The van der Waals surface area contributed by atoms with E-state index in [0.29, 0.717) is 13.1 Å². The molecule has 188 valence electrons. The summed E-state index contributed by atoms with van der Waals surface area (Å²) in [5, 5.41) is 0.901. The minimum absolute atomic E-state index is 0.0416. The number of nitrogens with one attached hydrogen (secondary N) is 1. The van der Waals surface area contributed by atoms with E-state index in [1.54, 1.807) is 7.05 Å². The largest absolute Gasteiger partial charge is 0.445 e. The molecular formula is C24H32N6O4S. The van der Waals surface area contributed by atoms with Gasteiger partial charge in [-0.1, -0.05) is 37.3 Å². The third-order valence-corrected chi connectivity index (χ3v) is 8.46. The number of piperidine rings is 1. The zero-order chi connectivity index (χ0) is 25.0. The van der Waals surface area contributed by atoms with Crippen molar-refractivity contribution in [1.82, 2.24) is 24.2 Å². The van der Waals surface area contributed by atoms with Crippen molar-refractivity contribution < 1.29 is 17.9 Å². The summed E-state index contributed by atoms with van der Waals surface area (Å²) in [6, 6.07) is 11.2. The van der Waals surface area contributed by atoms with Crippen molar-refractivity contribution in [3.05, 3.63) is 54.5 Å². The van der Waals surface area contributed by atoms with Gasteiger partial charge in [0.05, 0.1) is 11.1 Å². The molecule has 1 aliphatic rings. The lowest BCUT2D eigenvalue weighted by atomic mass is 9.93. The van der Waals surface area contributed by atoms with Crippen LogP contribution in [-0.4, -0.2) is 84.2 Å². The highest BCUT2D eigenvalue weighted by Crippen LogP contribution is 2.29. The van der Waals surface area contributed by atoms with E-state index in [9.17, 15) is 13.2 Å². The summed E-state index contributed by atoms with van der Waals surface area (Å²) in [6.45, 7) is 3.15. The number of hydrogen-bond donors (Lipinski definition) is 1. The van der Waals surface area contributed by atoms with Crippen LogP contribution >= 0.6 is 0 Å². The number of likely N-dealkylation sites (N-methyl/N-ethyl adjacent to an activating group) is 1. The highest BCUT2D eigenvalue weighted by Gasteiger charge is 2.36. The first-order chi connectivity index (χ1) is 16.8. The Morgan fingerprint density at radius 1 is 1.20 bits per heavy atom. The molecule has 3 heterocycles. The van der Waals surface area contributed by atoms with Gasteiger partial charge in [0.2, 0.25) is 10.0 Å². The molecule has 0 radical (unpaired) electrons. The maximum Gasteiger partial charge on any atom is 0.409 e. The Morgan fingerprint density at radius 2 is 1.97 bits per heavy atom. The molecule has 2 atom stereocenters. The predicted molar refractivity (Wildman–Crippen MR) is 134 cm³/mol. The second-order valence-corrected chi connectivity index (χ2v) is 11.1. The standard InChI is InChI=1S/C24H32N6O4S/c1-18-10-12-30(15-21(18)29(3)23-20-9-11-25-22(20)26-17-27-23)35(32,33)14-13-28(2)24(31)34-16-19-7-5-4-6-8-19/h4-9,11,17-18,21H,10,12-16H2,1-3H3,(H,25,26,27). The van der Waals surface area contributed by atoms with E-state index in [1.807, 2.05) is 49.6 Å². The lowest BCUT2D eigenvalue weighted by molar-refractivity contribution is 0.106. The third-order valence-electron chi connectivity index (χ3n) is 6.64. The van der Waals surface area contributed by atoms with Crippen LogP contribution in [0.1, 0.15) is 18.9 Å². The molecule has 0 spiro atoms. The van der Waals surface area contributed by atoms with Crippen LogP contribution in [0.3, 0.4) is 0 Å². The molecule has 0 bridgehead atoms. The van der Waals surface area contributed by atoms with Crippen LogP contribution < -0.4 is 4.90 Å². The maximum absolute atomic E-state index is 13.2. The summed E-state index contributed by atoms with van der Waals surface area (Å²) in [7, 11) is -0.0669. The molecule has 35 heavy (non-hydrogen) atoms. The van der Waals surface area contributed by atoms with Gasteiger partial charge in [-0.05, 0) is 24.0 Å². The fourth-order valence-corrected chi connectivity index (χ4v) is 5.90. The zero-order valence-electron chi connectivity index (χ0n) is 20.3. The Bertz CT molecular complexity index is 1250. The number of carbonyl (C=O) groups is 1. The van der Waals surface area contributed by atoms with Gasteiger partial charge in [0.15, 0.2) is 0 Å². The van der Waals surface area contributed by atoms with Gasteiger partial charge >= 0.3 is 6.09 Å². The fourth-order valence-electron chi connectivity index (χ4n) is 4.38. The molecule has 4 rings (SSSR count). The van der Waals surface area contributed by atoms with E-state index in [2.05, 4.69) is 26.8 Å². The molecule has 0 aliphatic carbocycles. The first-order valence-electron chi connectivity index (χ1n) is 11.7. The number of hydrogen-bond acceptors (Lipinski definition) is 7. The van der Waals surface area contributed by atoms with Crippen LogP contribution in [0.2, 0.25) is 0 Å². The predicted octanol–water partition coefficient (Wildman–Crippen LogP) is 2.70. The van der Waals surface area contributed by atoms with Crippen molar-refractivity contribution >= 4 is 33.0 Å². The molecule has 1 amide bonds. The van der Waals surface area contributed by atoms with Crippen molar-refractivity contribution in [3.63, 3.8) is 0 Å². The molecule has 2 unspecified atom stereocenters. The van der Waals surface area contributed by atoms with Crippen molar-refractivity contribution in [2.75, 3.05) is 44.4 Å². The second-order valence-electron chi connectivity index (χ2n) is 9.02. The van der Waals surface area contributed by atoms with Crippen LogP contribution in [0.25, 0.3) is 11.0 Å². The van der Waals surface area contributed by atoms with Gasteiger partial charge in [0, 0.05) is 46.0 Å². The summed E-state index contributed by atoms with van der Waals surface area (Å²) >= 11 is 0. The molecule has 10 nitrogen and oxygen atoms in total. The maximum atomic E-state index is 13.2. The average molecular weight is 501 g/mol. The van der Waals surface area contributed by atoms with Crippen LogP contribution in [0.15, 0.2) is 48.9 Å². The van der Waals surface area contributed by atoms with Crippen LogP contribution in [0.5, 0.6) is 0 Å². The Kier molecular flexibility index (Phi) is 7.56. The lowest BCUT2D eigenvalue weighted by Crippen LogP contribution is -2.53. The topological polar surface area (TPSA) is 112 Å². The zero-order valence-corrected chi connectivity index (χ0v) is 21.1. The van der Waals surface area contributed by atoms with E-state index in [-0.39, 0.29) is 30.9 Å². The molecule has 1 aromatic carbocycles. The molecule has 3 aromatic rings. The SMILES string of the molecule is CC1CCN(S(=O)(=O)CCN(C)C(=O)OCc2ccccc2)CC1N(C)c1ncnc2[nH]ccc12. The summed E-state index contributed by atoms with van der Waals surface area (Å²) in [4.78, 5) is 27.5. The van der Waals surface area contributed by atoms with Gasteiger partial charge in [0.25, 0.3) is 0 Å². The summed E-state index contributed by atoms with van der Waals surface area (Å²) in [5.41, 5.74) is 1.62. The highest BCUT2D eigenvalue weighted by molar-refractivity contribution is 7.89. The van der Waals surface area contributed by atoms with Crippen LogP contribution in [-0.2, 0) is 21.4 Å². The number of H-pyrrole nitrogens is 1. The fraction of sp³-hybridized carbons (Fsp3) is 0.458. The first kappa shape index (κ1) is 24.9. The van der Waals surface area contributed by atoms with Crippen molar-refractivity contribution in [1.29, 1.82) is 0 Å². The molecule has 0 saturated carbocycles. The highest BCUT2D eigenvalue weighted by atomic mass is 32.2. The summed E-state index contributed by atoms with van der Waals surface area (Å²) in [5.74, 6) is 0.893. The Labute approximate surface area is 206 Å². The number of carbonyl (C=O) groups excluding carboxylic acids is 1. The molecule has 2 aromatic heterocycles. The normalized spacial score (nSPS) is 18.9. The number of sulfonamides is 1. The van der Waals surface area contributed by atoms with Crippen LogP contribution in [0.4, 0.5) is 10.6 Å². The van der Waals surface area contributed by atoms with E-state index in [0.717, 1.165) is 28.8 Å². The van der Waals surface area contributed by atoms with Gasteiger partial charge in [0.1, 0.15) is 24.4 Å². The number of nitrogens with zero attached hydrogens (tertiary/aromatic N) is 5. The number of amides is 1. The van der Waals surface area contributed by atoms with E-state index >= 15 is 0 Å². The molecular weight excluding hydrogens is 468 g/mol. The van der Waals surface area contributed by atoms with E-state index in [4.69, 9.17) is 4.74 Å². The Morgan fingerprint density at radius 3 is 2.74 bits per heavy atom. The number of ether oxygens (including phenoxy) is 1.